The van der Waals surface area contributed by atoms with Crippen molar-refractivity contribution >= 4 is 5.69 Å². The summed E-state index contributed by atoms with van der Waals surface area (Å²) < 4.78 is 1.92. The summed E-state index contributed by atoms with van der Waals surface area (Å²) in [4.78, 5) is 0. The Kier molecular flexibility index (Phi) is 2.46. The van der Waals surface area contributed by atoms with Gasteiger partial charge in [0.05, 0.1) is 17.1 Å². The Labute approximate surface area is 95.9 Å². The zero-order valence-corrected chi connectivity index (χ0v) is 10.2. The molecule has 1 aromatic carbocycles. The lowest BCUT2D eigenvalue weighted by atomic mass is 10.2. The van der Waals surface area contributed by atoms with Crippen LogP contribution in [-0.2, 0) is 0 Å². The second kappa shape index (κ2) is 3.67. The van der Waals surface area contributed by atoms with E-state index in [9.17, 15) is 0 Å². The Bertz CT molecular complexity index is 538. The summed E-state index contributed by atoms with van der Waals surface area (Å²) in [6.45, 7) is 8.20. The van der Waals surface area contributed by atoms with Crippen LogP contribution < -0.4 is 5.73 Å². The Morgan fingerprint density at radius 1 is 1.12 bits per heavy atom. The van der Waals surface area contributed by atoms with Gasteiger partial charge >= 0.3 is 0 Å². The van der Waals surface area contributed by atoms with Crippen molar-refractivity contribution in [3.05, 3.63) is 40.7 Å². The molecular weight excluding hydrogens is 198 g/mol. The standard InChI is InChI=1S/C13H17N3/c1-8-5-6-13(12(14)7-8)16-11(4)9(2)10(3)15-16/h5-7H,14H2,1-4H3. The molecule has 0 bridgehead atoms. The van der Waals surface area contributed by atoms with E-state index in [1.165, 1.54) is 11.1 Å². The molecule has 0 radical (unpaired) electrons. The summed E-state index contributed by atoms with van der Waals surface area (Å²) in [5.41, 5.74) is 12.3. The Hall–Kier alpha value is -1.77. The summed E-state index contributed by atoms with van der Waals surface area (Å²) in [5, 5.41) is 4.51. The zero-order chi connectivity index (χ0) is 11.9. The molecule has 16 heavy (non-hydrogen) atoms. The Morgan fingerprint density at radius 3 is 2.31 bits per heavy atom. The summed E-state index contributed by atoms with van der Waals surface area (Å²) in [6, 6.07) is 6.04. The van der Waals surface area contributed by atoms with E-state index in [-0.39, 0.29) is 0 Å². The molecule has 0 saturated heterocycles. The van der Waals surface area contributed by atoms with Crippen molar-refractivity contribution in [2.45, 2.75) is 27.7 Å². The number of nitrogens with two attached hydrogens (primary N) is 1. The van der Waals surface area contributed by atoms with Crippen LogP contribution in [0.4, 0.5) is 5.69 Å². The number of hydrogen-bond acceptors (Lipinski definition) is 2. The van der Waals surface area contributed by atoms with Gasteiger partial charge in [0.1, 0.15) is 0 Å². The van der Waals surface area contributed by atoms with Crippen molar-refractivity contribution in [2.24, 2.45) is 0 Å². The highest BCUT2D eigenvalue weighted by Crippen LogP contribution is 2.22. The van der Waals surface area contributed by atoms with E-state index in [1.54, 1.807) is 0 Å². The number of rotatable bonds is 1. The number of nitrogen functional groups attached to an aromatic ring is 1. The van der Waals surface area contributed by atoms with Crippen molar-refractivity contribution in [3.8, 4) is 5.69 Å². The molecule has 3 heteroatoms. The Balaban J connectivity index is 2.63. The smallest absolute Gasteiger partial charge is 0.0878 e. The van der Waals surface area contributed by atoms with Gasteiger partial charge in [0, 0.05) is 5.69 Å². The molecule has 0 spiro atoms. The van der Waals surface area contributed by atoms with Crippen molar-refractivity contribution in [1.82, 2.24) is 9.78 Å². The van der Waals surface area contributed by atoms with Crippen LogP contribution in [0.25, 0.3) is 5.69 Å². The highest BCUT2D eigenvalue weighted by molar-refractivity contribution is 5.59. The van der Waals surface area contributed by atoms with E-state index in [4.69, 9.17) is 5.73 Å². The number of aromatic nitrogens is 2. The first kappa shape index (κ1) is 10.7. The fraction of sp³-hybridized carbons (Fsp3) is 0.308. The lowest BCUT2D eigenvalue weighted by Gasteiger charge is -2.08. The maximum Gasteiger partial charge on any atom is 0.0878 e. The normalized spacial score (nSPS) is 10.8. The van der Waals surface area contributed by atoms with E-state index in [0.717, 1.165) is 22.8 Å². The molecule has 0 fully saturated rings. The highest BCUT2D eigenvalue weighted by Gasteiger charge is 2.10. The summed E-state index contributed by atoms with van der Waals surface area (Å²) in [7, 11) is 0. The van der Waals surface area contributed by atoms with Crippen molar-refractivity contribution in [2.75, 3.05) is 5.73 Å². The van der Waals surface area contributed by atoms with Gasteiger partial charge in [-0.2, -0.15) is 5.10 Å². The number of hydrogen-bond donors (Lipinski definition) is 1. The molecule has 84 valence electrons. The molecule has 0 amide bonds. The average molecular weight is 215 g/mol. The molecule has 1 heterocycles. The maximum absolute atomic E-state index is 6.02. The molecule has 0 aliphatic carbocycles. The second-order valence-electron chi connectivity index (χ2n) is 4.27. The third-order valence-electron chi connectivity index (χ3n) is 3.06. The predicted octanol–water partition coefficient (Wildman–Crippen LogP) is 2.69. The van der Waals surface area contributed by atoms with Crippen molar-refractivity contribution in [1.29, 1.82) is 0 Å². The van der Waals surface area contributed by atoms with E-state index in [2.05, 4.69) is 25.0 Å². The fourth-order valence-electron chi connectivity index (χ4n) is 1.82. The molecule has 0 atom stereocenters. The lowest BCUT2D eigenvalue weighted by molar-refractivity contribution is 0.835. The second-order valence-corrected chi connectivity index (χ2v) is 4.27. The number of aryl methyl sites for hydroxylation is 2. The zero-order valence-electron chi connectivity index (χ0n) is 10.2. The number of nitrogens with zero attached hydrogens (tertiary/aromatic N) is 2. The first-order valence-electron chi connectivity index (χ1n) is 5.40. The van der Waals surface area contributed by atoms with Gasteiger partial charge in [0.15, 0.2) is 0 Å². The molecule has 0 saturated carbocycles. The third kappa shape index (κ3) is 1.58. The average Bonchev–Trinajstić information content (AvgIpc) is 2.46. The van der Waals surface area contributed by atoms with Crippen LogP contribution in [0.15, 0.2) is 18.2 Å². The van der Waals surface area contributed by atoms with Gasteiger partial charge in [-0.15, -0.1) is 0 Å². The molecule has 2 rings (SSSR count). The largest absolute Gasteiger partial charge is 0.397 e. The van der Waals surface area contributed by atoms with Crippen LogP contribution in [-0.4, -0.2) is 9.78 Å². The molecule has 2 aromatic rings. The monoisotopic (exact) mass is 215 g/mol. The molecule has 0 aliphatic heterocycles. The van der Waals surface area contributed by atoms with Gasteiger partial charge in [-0.25, -0.2) is 4.68 Å². The summed E-state index contributed by atoms with van der Waals surface area (Å²) in [6.07, 6.45) is 0. The van der Waals surface area contributed by atoms with Gasteiger partial charge in [-0.3, -0.25) is 0 Å². The molecular formula is C13H17N3. The van der Waals surface area contributed by atoms with Gasteiger partial charge in [0.2, 0.25) is 0 Å². The van der Waals surface area contributed by atoms with Crippen LogP contribution in [0.5, 0.6) is 0 Å². The summed E-state index contributed by atoms with van der Waals surface area (Å²) in [5.74, 6) is 0. The highest BCUT2D eigenvalue weighted by atomic mass is 15.3. The van der Waals surface area contributed by atoms with E-state index in [1.807, 2.05) is 30.7 Å². The number of benzene rings is 1. The lowest BCUT2D eigenvalue weighted by Crippen LogP contribution is -2.03. The quantitative estimate of drug-likeness (QED) is 0.743. The minimum atomic E-state index is 0.769. The van der Waals surface area contributed by atoms with Gasteiger partial charge in [-0.05, 0) is 51.0 Å². The molecule has 2 N–H and O–H groups in total. The van der Waals surface area contributed by atoms with E-state index >= 15 is 0 Å². The van der Waals surface area contributed by atoms with E-state index in [0.29, 0.717) is 0 Å². The van der Waals surface area contributed by atoms with E-state index < -0.39 is 0 Å². The van der Waals surface area contributed by atoms with Crippen molar-refractivity contribution in [3.63, 3.8) is 0 Å². The SMILES string of the molecule is Cc1ccc(-n2nc(C)c(C)c2C)c(N)c1. The number of anilines is 1. The topological polar surface area (TPSA) is 43.8 Å². The first-order valence-corrected chi connectivity index (χ1v) is 5.40. The third-order valence-corrected chi connectivity index (χ3v) is 3.06. The fourth-order valence-corrected chi connectivity index (χ4v) is 1.82. The van der Waals surface area contributed by atoms with Crippen molar-refractivity contribution < 1.29 is 0 Å². The van der Waals surface area contributed by atoms with Gasteiger partial charge in [0.25, 0.3) is 0 Å². The van der Waals surface area contributed by atoms with Crippen LogP contribution >= 0.6 is 0 Å². The van der Waals surface area contributed by atoms with Crippen LogP contribution in [0.3, 0.4) is 0 Å². The molecule has 0 aliphatic rings. The van der Waals surface area contributed by atoms with Crippen LogP contribution in [0.2, 0.25) is 0 Å². The minimum Gasteiger partial charge on any atom is -0.397 e. The molecule has 1 aromatic heterocycles. The summed E-state index contributed by atoms with van der Waals surface area (Å²) >= 11 is 0. The van der Waals surface area contributed by atoms with Gasteiger partial charge < -0.3 is 5.73 Å². The first-order chi connectivity index (χ1) is 7.50. The van der Waals surface area contributed by atoms with Crippen LogP contribution in [0.1, 0.15) is 22.5 Å². The van der Waals surface area contributed by atoms with Crippen LogP contribution in [0, 0.1) is 27.7 Å². The molecule has 0 unspecified atom stereocenters. The predicted molar refractivity (Wildman–Crippen MR) is 66.9 cm³/mol. The molecule has 3 nitrogen and oxygen atoms in total. The minimum absolute atomic E-state index is 0.769. The van der Waals surface area contributed by atoms with Gasteiger partial charge in [-0.1, -0.05) is 6.07 Å². The Morgan fingerprint density at radius 2 is 1.81 bits per heavy atom. The maximum atomic E-state index is 6.02.